The summed E-state index contributed by atoms with van der Waals surface area (Å²) < 4.78 is 23.8. The molecule has 0 heterocycles. The van der Waals surface area contributed by atoms with E-state index >= 15 is 0 Å². The second kappa shape index (κ2) is 10.6. The lowest BCUT2D eigenvalue weighted by Crippen LogP contribution is -2.08. The van der Waals surface area contributed by atoms with Crippen LogP contribution < -0.4 is 0 Å². The summed E-state index contributed by atoms with van der Waals surface area (Å²) in [6, 6.07) is 0. The molecular formula is C22H29FO3. The Kier molecular flexibility index (Phi) is 8.83. The summed E-state index contributed by atoms with van der Waals surface area (Å²) in [5.41, 5.74) is 3.75. The zero-order valence-electron chi connectivity index (χ0n) is 16.6. The Morgan fingerprint density at radius 2 is 2.04 bits per heavy atom. The van der Waals surface area contributed by atoms with Crippen LogP contribution in [0.5, 0.6) is 0 Å². The molecule has 0 fully saturated rings. The molecule has 0 aromatic carbocycles. The summed E-state index contributed by atoms with van der Waals surface area (Å²) in [5.74, 6) is -0.401. The highest BCUT2D eigenvalue weighted by atomic mass is 19.1. The topological polar surface area (TPSA) is 35.5 Å². The normalized spacial score (nSPS) is 19.7. The minimum absolute atomic E-state index is 0.155. The Labute approximate surface area is 156 Å². The maximum absolute atomic E-state index is 13.7. The molecular weight excluding hydrogens is 331 g/mol. The van der Waals surface area contributed by atoms with Gasteiger partial charge >= 0.3 is 5.97 Å². The molecule has 0 saturated heterocycles. The smallest absolute Gasteiger partial charge is 0.367 e. The molecule has 0 saturated carbocycles. The molecule has 3 nitrogen and oxygen atoms in total. The summed E-state index contributed by atoms with van der Waals surface area (Å²) in [5, 5.41) is 0. The number of hydrogen-bond donors (Lipinski definition) is 0. The highest BCUT2D eigenvalue weighted by molar-refractivity contribution is 5.87. The Balaban J connectivity index is 2.80. The minimum atomic E-state index is -0.924. The van der Waals surface area contributed by atoms with Gasteiger partial charge in [-0.05, 0) is 56.9 Å². The van der Waals surface area contributed by atoms with Crippen molar-refractivity contribution < 1.29 is 18.7 Å². The van der Waals surface area contributed by atoms with Crippen molar-refractivity contribution in [2.45, 2.75) is 41.0 Å². The van der Waals surface area contributed by atoms with E-state index < -0.39 is 11.8 Å². The van der Waals surface area contributed by atoms with Crippen molar-refractivity contribution in [2.75, 3.05) is 13.7 Å². The lowest BCUT2D eigenvalue weighted by molar-refractivity contribution is -0.140. The number of halogens is 1. The van der Waals surface area contributed by atoms with E-state index in [4.69, 9.17) is 4.74 Å². The van der Waals surface area contributed by atoms with Crippen molar-refractivity contribution in [1.82, 2.24) is 0 Å². The number of carbonyl (C=O) groups is 1. The van der Waals surface area contributed by atoms with Crippen molar-refractivity contribution >= 4 is 5.97 Å². The van der Waals surface area contributed by atoms with Crippen molar-refractivity contribution in [2.24, 2.45) is 5.92 Å². The molecule has 1 aliphatic carbocycles. The van der Waals surface area contributed by atoms with E-state index in [1.54, 1.807) is 33.1 Å². The lowest BCUT2D eigenvalue weighted by atomic mass is 9.89. The lowest BCUT2D eigenvalue weighted by Gasteiger charge is -2.21. The van der Waals surface area contributed by atoms with E-state index in [2.05, 4.69) is 30.7 Å². The molecule has 4 heteroatoms. The van der Waals surface area contributed by atoms with E-state index in [-0.39, 0.29) is 12.2 Å². The van der Waals surface area contributed by atoms with Crippen LogP contribution in [-0.4, -0.2) is 19.7 Å². The fourth-order valence-corrected chi connectivity index (χ4v) is 2.56. The first-order chi connectivity index (χ1) is 12.3. The number of hydrogen-bond acceptors (Lipinski definition) is 3. The zero-order chi connectivity index (χ0) is 19.7. The predicted molar refractivity (Wildman–Crippen MR) is 104 cm³/mol. The second-order valence-electron chi connectivity index (χ2n) is 6.38. The fourth-order valence-electron chi connectivity index (χ4n) is 2.56. The van der Waals surface area contributed by atoms with Crippen LogP contribution in [-0.2, 0) is 14.3 Å². The average Bonchev–Trinajstić information content (AvgIpc) is 2.61. The van der Waals surface area contributed by atoms with Crippen LogP contribution in [0.3, 0.4) is 0 Å². The summed E-state index contributed by atoms with van der Waals surface area (Å²) in [6.45, 7) is 9.54. The van der Waals surface area contributed by atoms with E-state index in [0.717, 1.165) is 17.8 Å². The van der Waals surface area contributed by atoms with Gasteiger partial charge in [0.15, 0.2) is 0 Å². The monoisotopic (exact) mass is 360 g/mol. The first-order valence-electron chi connectivity index (χ1n) is 8.82. The Morgan fingerprint density at radius 1 is 1.35 bits per heavy atom. The molecule has 1 aliphatic rings. The van der Waals surface area contributed by atoms with E-state index in [1.165, 1.54) is 11.1 Å². The van der Waals surface area contributed by atoms with Gasteiger partial charge in [-0.15, -0.1) is 0 Å². The van der Waals surface area contributed by atoms with Gasteiger partial charge < -0.3 is 9.47 Å². The molecule has 0 amide bonds. The van der Waals surface area contributed by atoms with Crippen LogP contribution >= 0.6 is 0 Å². The number of ether oxygens (including phenoxy) is 2. The molecule has 1 unspecified atom stereocenters. The predicted octanol–water partition coefficient (Wildman–Crippen LogP) is 5.74. The van der Waals surface area contributed by atoms with Gasteiger partial charge in [0.2, 0.25) is 5.83 Å². The van der Waals surface area contributed by atoms with Gasteiger partial charge in [0.1, 0.15) is 0 Å². The number of methoxy groups -OCH3 is 1. The maximum Gasteiger partial charge on any atom is 0.367 e. The Bertz CT molecular complexity index is 703. The van der Waals surface area contributed by atoms with Crippen molar-refractivity contribution in [3.8, 4) is 0 Å². The number of esters is 1. The summed E-state index contributed by atoms with van der Waals surface area (Å²) in [7, 11) is 1.71. The van der Waals surface area contributed by atoms with E-state index in [1.807, 2.05) is 19.1 Å². The molecule has 0 bridgehead atoms. The van der Waals surface area contributed by atoms with E-state index in [9.17, 15) is 9.18 Å². The van der Waals surface area contributed by atoms with Crippen LogP contribution in [0.2, 0.25) is 0 Å². The van der Waals surface area contributed by atoms with Crippen molar-refractivity contribution in [3.63, 3.8) is 0 Å². The van der Waals surface area contributed by atoms with Crippen LogP contribution in [0.1, 0.15) is 41.0 Å². The van der Waals surface area contributed by atoms with Gasteiger partial charge in [0.25, 0.3) is 0 Å². The molecule has 1 rings (SSSR count). The van der Waals surface area contributed by atoms with Gasteiger partial charge in [-0.3, -0.25) is 0 Å². The zero-order valence-corrected chi connectivity index (χ0v) is 16.6. The molecule has 0 aliphatic heterocycles. The highest BCUT2D eigenvalue weighted by Crippen LogP contribution is 2.30. The van der Waals surface area contributed by atoms with Crippen LogP contribution in [0.15, 0.2) is 70.3 Å². The third-order valence-electron chi connectivity index (χ3n) is 4.17. The second-order valence-corrected chi connectivity index (χ2v) is 6.38. The largest absolute Gasteiger partial charge is 0.501 e. The van der Waals surface area contributed by atoms with Gasteiger partial charge in [-0.1, -0.05) is 42.9 Å². The summed E-state index contributed by atoms with van der Waals surface area (Å²) in [4.78, 5) is 11.3. The van der Waals surface area contributed by atoms with Gasteiger partial charge in [0.05, 0.1) is 19.5 Å². The standard InChI is InChI=1S/C22H29FO3/c1-7-26-22(24)21(23)16(3)10-8-9-15(2)11-12-19-13-18(5)20(25-6)14-17(19)4/h8-12,14,18H,7,13H2,1-6H3/b10-8-,12-11-,15-9-,21-16+. The molecule has 0 N–H and O–H groups in total. The first kappa shape index (κ1) is 21.7. The number of allylic oxidation sites excluding steroid dienone is 11. The number of carbonyl (C=O) groups excluding carboxylic acids is 1. The average molecular weight is 360 g/mol. The van der Waals surface area contributed by atoms with Crippen LogP contribution in [0.25, 0.3) is 0 Å². The molecule has 0 spiro atoms. The Morgan fingerprint density at radius 3 is 2.65 bits per heavy atom. The van der Waals surface area contributed by atoms with Gasteiger partial charge in [0, 0.05) is 5.92 Å². The van der Waals surface area contributed by atoms with Gasteiger partial charge in [-0.25, -0.2) is 4.79 Å². The summed E-state index contributed by atoms with van der Waals surface area (Å²) >= 11 is 0. The van der Waals surface area contributed by atoms with Crippen LogP contribution in [0, 0.1) is 5.92 Å². The molecule has 26 heavy (non-hydrogen) atoms. The Hall–Kier alpha value is -2.36. The highest BCUT2D eigenvalue weighted by Gasteiger charge is 2.17. The molecule has 1 atom stereocenters. The van der Waals surface area contributed by atoms with E-state index in [0.29, 0.717) is 5.92 Å². The minimum Gasteiger partial charge on any atom is -0.501 e. The third kappa shape index (κ3) is 6.51. The van der Waals surface area contributed by atoms with Crippen molar-refractivity contribution in [3.05, 3.63) is 70.3 Å². The fraction of sp³-hybridized carbons (Fsp3) is 0.409. The molecule has 0 radical (unpaired) electrons. The molecule has 0 aromatic heterocycles. The third-order valence-corrected chi connectivity index (χ3v) is 4.17. The maximum atomic E-state index is 13.7. The SMILES string of the molecule is CCOC(=O)\C(F)=C(C)/C=C\C=C(C)/C=C\C1=C(C)C=C(OC)C(C)C1. The first-order valence-corrected chi connectivity index (χ1v) is 8.82. The van der Waals surface area contributed by atoms with Gasteiger partial charge in [-0.2, -0.15) is 4.39 Å². The summed E-state index contributed by atoms with van der Waals surface area (Å²) in [6.07, 6.45) is 12.3. The number of rotatable bonds is 7. The quantitative estimate of drug-likeness (QED) is 0.330. The van der Waals surface area contributed by atoms with Crippen LogP contribution in [0.4, 0.5) is 4.39 Å². The molecule has 0 aromatic rings. The van der Waals surface area contributed by atoms with Crippen molar-refractivity contribution in [1.29, 1.82) is 0 Å². The molecule has 142 valence electrons.